The van der Waals surface area contributed by atoms with Crippen LogP contribution < -0.4 is 0 Å². The minimum atomic E-state index is -2.52. The van der Waals surface area contributed by atoms with E-state index in [9.17, 15) is 13.6 Å². The molecule has 0 radical (unpaired) electrons. The lowest BCUT2D eigenvalue weighted by Gasteiger charge is -2.43. The number of alkyl halides is 2. The van der Waals surface area contributed by atoms with Crippen molar-refractivity contribution in [1.29, 1.82) is 0 Å². The van der Waals surface area contributed by atoms with Gasteiger partial charge in [0.05, 0.1) is 12.2 Å². The van der Waals surface area contributed by atoms with Crippen LogP contribution >= 0.6 is 0 Å². The zero-order chi connectivity index (χ0) is 17.5. The van der Waals surface area contributed by atoms with Gasteiger partial charge in [-0.15, -0.1) is 0 Å². The highest BCUT2D eigenvalue weighted by Gasteiger charge is 2.50. The van der Waals surface area contributed by atoms with Gasteiger partial charge >= 0.3 is 0 Å². The number of ether oxygens (including phenoxy) is 1. The van der Waals surface area contributed by atoms with E-state index in [0.717, 1.165) is 18.4 Å². The van der Waals surface area contributed by atoms with Crippen molar-refractivity contribution in [2.45, 2.75) is 68.8 Å². The highest BCUT2D eigenvalue weighted by Crippen LogP contribution is 2.50. The minimum absolute atomic E-state index is 0.0109. The average molecular weight is 348 g/mol. The van der Waals surface area contributed by atoms with Crippen LogP contribution in [-0.2, 0) is 9.53 Å². The van der Waals surface area contributed by atoms with Crippen LogP contribution in [0.15, 0.2) is 30.3 Å². The van der Waals surface area contributed by atoms with Crippen molar-refractivity contribution in [3.8, 4) is 0 Å². The van der Waals surface area contributed by atoms with Crippen molar-refractivity contribution >= 4 is 5.78 Å². The molecule has 0 spiro atoms. The Kier molecular flexibility index (Phi) is 4.43. The van der Waals surface area contributed by atoms with Crippen LogP contribution in [0.25, 0.3) is 0 Å². The molecule has 3 atom stereocenters. The van der Waals surface area contributed by atoms with Crippen molar-refractivity contribution in [3.05, 3.63) is 35.9 Å². The van der Waals surface area contributed by atoms with Crippen LogP contribution in [0.4, 0.5) is 8.78 Å². The maximum Gasteiger partial charge on any atom is 0.248 e. The number of ketones is 1. The van der Waals surface area contributed by atoms with Crippen LogP contribution in [0.3, 0.4) is 0 Å². The van der Waals surface area contributed by atoms with Gasteiger partial charge in [-0.05, 0) is 43.6 Å². The summed E-state index contributed by atoms with van der Waals surface area (Å²) in [4.78, 5) is 12.8. The van der Waals surface area contributed by atoms with Gasteiger partial charge in [0, 0.05) is 31.1 Å². The smallest absolute Gasteiger partial charge is 0.248 e. The summed E-state index contributed by atoms with van der Waals surface area (Å²) in [7, 11) is 0. The summed E-state index contributed by atoms with van der Waals surface area (Å²) in [5.41, 5.74) is 0.790. The van der Waals surface area contributed by atoms with Crippen LogP contribution in [0.5, 0.6) is 0 Å². The number of Topliss-reactive ketones (excluding diaryl/α,β-unsaturated/α-hetero) is 1. The molecule has 25 heavy (non-hydrogen) atoms. The lowest BCUT2D eigenvalue weighted by molar-refractivity contribution is -0.141. The van der Waals surface area contributed by atoms with E-state index in [1.165, 1.54) is 0 Å². The average Bonchev–Trinajstić information content (AvgIpc) is 2.90. The maximum atomic E-state index is 13.6. The number of halogens is 2. The minimum Gasteiger partial charge on any atom is -0.374 e. The fourth-order valence-corrected chi connectivity index (χ4v) is 5.27. The molecule has 1 aliphatic heterocycles. The number of carbonyl (C=O) groups is 1. The molecule has 3 aliphatic rings. The summed E-state index contributed by atoms with van der Waals surface area (Å²) in [5.74, 6) is -1.92. The second-order valence-electron chi connectivity index (χ2n) is 8.13. The normalized spacial score (nSPS) is 36.0. The number of fused-ring (bicyclic) bond motifs is 3. The Morgan fingerprint density at radius 2 is 1.64 bits per heavy atom. The molecule has 4 rings (SSSR count). The molecule has 1 aromatic carbocycles. The standard InChI is InChI=1S/C21H26F2O2/c22-21(23)12-6-16(7-13-21)20-10-8-17(19(24)9-11-20)18(14-25-20)15-4-2-1-3-5-15/h1-5,16-18H,6-14H2/t17?,18-,20+/m0/s1. The van der Waals surface area contributed by atoms with Crippen LogP contribution in [-0.4, -0.2) is 23.9 Å². The van der Waals surface area contributed by atoms with Crippen molar-refractivity contribution in [1.82, 2.24) is 0 Å². The molecule has 2 nitrogen and oxygen atoms in total. The van der Waals surface area contributed by atoms with Crippen molar-refractivity contribution in [3.63, 3.8) is 0 Å². The first-order valence-electron chi connectivity index (χ1n) is 9.59. The second-order valence-corrected chi connectivity index (χ2v) is 8.13. The fraction of sp³-hybridized carbons (Fsp3) is 0.667. The summed E-state index contributed by atoms with van der Waals surface area (Å²) in [6.45, 7) is 0.535. The van der Waals surface area contributed by atoms with Crippen LogP contribution in [0, 0.1) is 11.8 Å². The maximum absolute atomic E-state index is 13.6. The van der Waals surface area contributed by atoms with Gasteiger partial charge in [0.1, 0.15) is 5.78 Å². The topological polar surface area (TPSA) is 26.3 Å². The number of benzene rings is 1. The summed E-state index contributed by atoms with van der Waals surface area (Å²) >= 11 is 0. The SMILES string of the molecule is O=C1CC[C@@]2(C3CCC(F)(F)CC3)CCC1[C@H](c1ccccc1)CO2. The monoisotopic (exact) mass is 348 g/mol. The van der Waals surface area contributed by atoms with Gasteiger partial charge in [0.15, 0.2) is 0 Å². The molecule has 1 unspecified atom stereocenters. The largest absolute Gasteiger partial charge is 0.374 e. The molecule has 4 heteroatoms. The lowest BCUT2D eigenvalue weighted by Crippen LogP contribution is -2.44. The van der Waals surface area contributed by atoms with E-state index in [2.05, 4.69) is 12.1 Å². The highest BCUT2D eigenvalue weighted by molar-refractivity contribution is 5.82. The predicted octanol–water partition coefficient (Wildman–Crippen LogP) is 5.12. The zero-order valence-corrected chi connectivity index (χ0v) is 14.6. The van der Waals surface area contributed by atoms with Crippen molar-refractivity contribution in [2.75, 3.05) is 6.61 Å². The molecule has 0 aromatic heterocycles. The summed E-state index contributed by atoms with van der Waals surface area (Å²) in [5, 5.41) is 0. The Balaban J connectivity index is 1.59. The molecule has 0 N–H and O–H groups in total. The van der Waals surface area contributed by atoms with E-state index in [-0.39, 0.29) is 36.2 Å². The molecule has 2 saturated carbocycles. The third-order valence-electron chi connectivity index (χ3n) is 6.81. The summed E-state index contributed by atoms with van der Waals surface area (Å²) in [6, 6.07) is 10.1. The molecule has 0 amide bonds. The van der Waals surface area contributed by atoms with E-state index < -0.39 is 5.92 Å². The van der Waals surface area contributed by atoms with Crippen molar-refractivity contribution < 1.29 is 18.3 Å². The highest BCUT2D eigenvalue weighted by atomic mass is 19.3. The lowest BCUT2D eigenvalue weighted by atomic mass is 9.72. The molecule has 3 fully saturated rings. The van der Waals surface area contributed by atoms with E-state index in [1.54, 1.807) is 0 Å². The molecule has 2 bridgehead atoms. The predicted molar refractivity (Wildman–Crippen MR) is 91.7 cm³/mol. The van der Waals surface area contributed by atoms with E-state index >= 15 is 0 Å². The Morgan fingerprint density at radius 1 is 0.920 bits per heavy atom. The number of hydrogen-bond acceptors (Lipinski definition) is 2. The Bertz CT molecular complexity index is 620. The molecule has 1 saturated heterocycles. The third-order valence-corrected chi connectivity index (χ3v) is 6.81. The number of rotatable bonds is 2. The first kappa shape index (κ1) is 17.1. The Morgan fingerprint density at radius 3 is 2.36 bits per heavy atom. The molecule has 2 aliphatic carbocycles. The quantitative estimate of drug-likeness (QED) is 0.741. The molecule has 1 heterocycles. The Labute approximate surface area is 147 Å². The zero-order valence-electron chi connectivity index (χ0n) is 14.6. The van der Waals surface area contributed by atoms with Gasteiger partial charge in [-0.3, -0.25) is 4.79 Å². The first-order valence-corrected chi connectivity index (χ1v) is 9.59. The van der Waals surface area contributed by atoms with Crippen LogP contribution in [0.2, 0.25) is 0 Å². The number of carbonyl (C=O) groups excluding carboxylic acids is 1. The van der Waals surface area contributed by atoms with Crippen LogP contribution in [0.1, 0.15) is 62.8 Å². The number of hydrogen-bond donors (Lipinski definition) is 0. The first-order chi connectivity index (χ1) is 12.0. The molecular weight excluding hydrogens is 322 g/mol. The van der Waals surface area contributed by atoms with Gasteiger partial charge in [0.2, 0.25) is 5.92 Å². The summed E-state index contributed by atoms with van der Waals surface area (Å²) in [6.07, 6.45) is 3.85. The molecular formula is C21H26F2O2. The van der Waals surface area contributed by atoms with Gasteiger partial charge in [-0.1, -0.05) is 30.3 Å². The summed E-state index contributed by atoms with van der Waals surface area (Å²) < 4.78 is 33.7. The fourth-order valence-electron chi connectivity index (χ4n) is 5.27. The van der Waals surface area contributed by atoms with E-state index in [0.29, 0.717) is 38.1 Å². The Hall–Kier alpha value is -1.29. The molecule has 1 aromatic rings. The van der Waals surface area contributed by atoms with E-state index in [1.807, 2.05) is 18.2 Å². The van der Waals surface area contributed by atoms with Gasteiger partial charge in [-0.25, -0.2) is 8.78 Å². The van der Waals surface area contributed by atoms with E-state index in [4.69, 9.17) is 4.74 Å². The molecule has 136 valence electrons. The van der Waals surface area contributed by atoms with Gasteiger partial charge in [0.25, 0.3) is 0 Å². The van der Waals surface area contributed by atoms with Crippen molar-refractivity contribution in [2.24, 2.45) is 11.8 Å². The van der Waals surface area contributed by atoms with Gasteiger partial charge in [-0.2, -0.15) is 0 Å². The van der Waals surface area contributed by atoms with Gasteiger partial charge < -0.3 is 4.74 Å². The third kappa shape index (κ3) is 3.25. The second kappa shape index (κ2) is 6.46.